The Hall–Kier alpha value is -2.63. The zero-order valence-electron chi connectivity index (χ0n) is 15.3. The molecular formula is C19H27FN4O. The lowest BCUT2D eigenvalue weighted by Gasteiger charge is -2.16. The van der Waals surface area contributed by atoms with Gasteiger partial charge < -0.3 is 15.7 Å². The summed E-state index contributed by atoms with van der Waals surface area (Å²) in [7, 11) is 0. The summed E-state index contributed by atoms with van der Waals surface area (Å²) in [5, 5.41) is 15.3. The van der Waals surface area contributed by atoms with Gasteiger partial charge in [-0.15, -0.1) is 0 Å². The van der Waals surface area contributed by atoms with Crippen LogP contribution in [0.5, 0.6) is 0 Å². The van der Waals surface area contributed by atoms with Gasteiger partial charge in [0.1, 0.15) is 0 Å². The first kappa shape index (κ1) is 20.4. The standard InChI is InChI=1S/C14H13FN4O.C3H8.C2H6/c15-10-7-16-8-13(14(10)20)19-6-9-1-2-11-12(5-9)18-4-3-17-11;1-3-2;1-2/h1-5,8,16,19-20H,6-7H2;3H2,1-2H3;1-2H3. The average molecular weight is 346 g/mol. The first-order valence-electron chi connectivity index (χ1n) is 8.60. The monoisotopic (exact) mass is 346 g/mol. The molecule has 0 saturated heterocycles. The molecule has 2 aromatic rings. The molecule has 0 unspecified atom stereocenters. The third kappa shape index (κ3) is 6.06. The van der Waals surface area contributed by atoms with Crippen molar-refractivity contribution in [2.45, 2.75) is 40.7 Å². The molecule has 3 N–H and O–H groups in total. The van der Waals surface area contributed by atoms with Gasteiger partial charge >= 0.3 is 0 Å². The molecule has 6 heteroatoms. The minimum atomic E-state index is -0.570. The van der Waals surface area contributed by atoms with Crippen LogP contribution in [0.25, 0.3) is 11.0 Å². The maximum atomic E-state index is 13.2. The van der Waals surface area contributed by atoms with Gasteiger partial charge in [-0.1, -0.05) is 40.2 Å². The quantitative estimate of drug-likeness (QED) is 0.771. The first-order chi connectivity index (χ1) is 12.2. The molecule has 1 aromatic heterocycles. The van der Waals surface area contributed by atoms with E-state index in [1.165, 1.54) is 6.42 Å². The lowest BCUT2D eigenvalue weighted by molar-refractivity contribution is 0.370. The van der Waals surface area contributed by atoms with E-state index in [9.17, 15) is 9.50 Å². The van der Waals surface area contributed by atoms with Crippen molar-refractivity contribution >= 4 is 11.0 Å². The summed E-state index contributed by atoms with van der Waals surface area (Å²) in [4.78, 5) is 8.42. The number of hydrogen-bond acceptors (Lipinski definition) is 5. The molecule has 1 aliphatic heterocycles. The van der Waals surface area contributed by atoms with Gasteiger partial charge in [0.25, 0.3) is 0 Å². The van der Waals surface area contributed by atoms with E-state index in [1.807, 2.05) is 32.0 Å². The number of hydrogen-bond donors (Lipinski definition) is 3. The highest BCUT2D eigenvalue weighted by Gasteiger charge is 2.14. The van der Waals surface area contributed by atoms with Crippen molar-refractivity contribution in [2.24, 2.45) is 0 Å². The van der Waals surface area contributed by atoms with Crippen molar-refractivity contribution in [1.29, 1.82) is 0 Å². The van der Waals surface area contributed by atoms with E-state index in [0.717, 1.165) is 16.6 Å². The van der Waals surface area contributed by atoms with Crippen molar-refractivity contribution < 1.29 is 9.50 Å². The van der Waals surface area contributed by atoms with Crippen LogP contribution < -0.4 is 10.6 Å². The van der Waals surface area contributed by atoms with Crippen molar-refractivity contribution in [3.05, 3.63) is 59.6 Å². The second kappa shape index (κ2) is 11.0. The topological polar surface area (TPSA) is 70.1 Å². The Bertz CT molecular complexity index is 728. The van der Waals surface area contributed by atoms with Crippen molar-refractivity contribution in [3.63, 3.8) is 0 Å². The Morgan fingerprint density at radius 3 is 2.48 bits per heavy atom. The molecule has 0 spiro atoms. The van der Waals surface area contributed by atoms with E-state index >= 15 is 0 Å². The van der Waals surface area contributed by atoms with E-state index in [-0.39, 0.29) is 12.3 Å². The smallest absolute Gasteiger partial charge is 0.173 e. The minimum Gasteiger partial charge on any atom is -0.504 e. The van der Waals surface area contributed by atoms with Gasteiger partial charge in [0.15, 0.2) is 11.6 Å². The summed E-state index contributed by atoms with van der Waals surface area (Å²) >= 11 is 0. The molecule has 0 bridgehead atoms. The van der Waals surface area contributed by atoms with E-state index in [2.05, 4.69) is 34.4 Å². The van der Waals surface area contributed by atoms with Crippen molar-refractivity contribution in [2.75, 3.05) is 6.54 Å². The Labute approximate surface area is 148 Å². The third-order valence-corrected chi connectivity index (χ3v) is 3.03. The van der Waals surface area contributed by atoms with Crippen LogP contribution in [-0.4, -0.2) is 21.6 Å². The first-order valence-corrected chi connectivity index (χ1v) is 8.60. The fourth-order valence-electron chi connectivity index (χ4n) is 1.99. The number of nitrogens with one attached hydrogen (secondary N) is 2. The largest absolute Gasteiger partial charge is 0.504 e. The summed E-state index contributed by atoms with van der Waals surface area (Å²) in [6.07, 6.45) is 6.08. The van der Waals surface area contributed by atoms with Crippen LogP contribution in [0.2, 0.25) is 0 Å². The van der Waals surface area contributed by atoms with Gasteiger partial charge in [0.2, 0.25) is 0 Å². The molecule has 0 saturated carbocycles. The number of aliphatic hydroxyl groups excluding tert-OH is 1. The summed E-state index contributed by atoms with van der Waals surface area (Å²) in [6.45, 7) is 8.72. The summed E-state index contributed by atoms with van der Waals surface area (Å²) in [6, 6.07) is 5.70. The molecule has 1 aliphatic rings. The van der Waals surface area contributed by atoms with Crippen LogP contribution in [0.4, 0.5) is 4.39 Å². The van der Waals surface area contributed by atoms with Gasteiger partial charge in [0, 0.05) is 25.1 Å². The number of aromatic nitrogens is 2. The lowest BCUT2D eigenvalue weighted by Crippen LogP contribution is -2.24. The highest BCUT2D eigenvalue weighted by atomic mass is 19.1. The van der Waals surface area contributed by atoms with E-state index < -0.39 is 5.83 Å². The normalized spacial score (nSPS) is 12.9. The Balaban J connectivity index is 0.000000567. The number of dihydropyridines is 1. The summed E-state index contributed by atoms with van der Waals surface area (Å²) in [5.41, 5.74) is 2.93. The molecule has 1 aromatic carbocycles. The number of benzene rings is 1. The Kier molecular flexibility index (Phi) is 9.00. The molecule has 0 radical (unpaired) electrons. The predicted molar refractivity (Wildman–Crippen MR) is 101 cm³/mol. The van der Waals surface area contributed by atoms with Crippen LogP contribution in [0.15, 0.2) is 54.1 Å². The minimum absolute atomic E-state index is 0.0164. The maximum absolute atomic E-state index is 13.2. The zero-order valence-corrected chi connectivity index (χ0v) is 15.3. The van der Waals surface area contributed by atoms with E-state index in [0.29, 0.717) is 12.2 Å². The summed E-state index contributed by atoms with van der Waals surface area (Å²) < 4.78 is 13.2. The molecule has 0 atom stereocenters. The van der Waals surface area contributed by atoms with Gasteiger partial charge in [-0.25, -0.2) is 4.39 Å². The highest BCUT2D eigenvalue weighted by Crippen LogP contribution is 2.15. The number of nitrogens with zero attached hydrogens (tertiary/aromatic N) is 2. The fourth-order valence-corrected chi connectivity index (χ4v) is 1.99. The number of fused-ring (bicyclic) bond motifs is 1. The molecule has 25 heavy (non-hydrogen) atoms. The van der Waals surface area contributed by atoms with Crippen LogP contribution in [-0.2, 0) is 6.54 Å². The van der Waals surface area contributed by atoms with Gasteiger partial charge in [0.05, 0.1) is 23.3 Å². The zero-order chi connectivity index (χ0) is 18.7. The molecule has 0 amide bonds. The maximum Gasteiger partial charge on any atom is 0.173 e. The molecular weight excluding hydrogens is 319 g/mol. The number of rotatable bonds is 3. The van der Waals surface area contributed by atoms with Crippen LogP contribution in [0.1, 0.15) is 39.7 Å². The van der Waals surface area contributed by atoms with Crippen LogP contribution >= 0.6 is 0 Å². The predicted octanol–water partition coefficient (Wildman–Crippen LogP) is 4.35. The van der Waals surface area contributed by atoms with Crippen LogP contribution in [0, 0.1) is 0 Å². The molecule has 0 aliphatic carbocycles. The van der Waals surface area contributed by atoms with Gasteiger partial charge in [-0.2, -0.15) is 0 Å². The number of halogens is 1. The number of aliphatic hydroxyl groups is 1. The van der Waals surface area contributed by atoms with Crippen molar-refractivity contribution in [3.8, 4) is 0 Å². The second-order valence-corrected chi connectivity index (χ2v) is 5.13. The molecule has 0 fully saturated rings. The second-order valence-electron chi connectivity index (χ2n) is 5.13. The highest BCUT2D eigenvalue weighted by molar-refractivity contribution is 5.74. The average Bonchev–Trinajstić information content (AvgIpc) is 2.65. The fraction of sp³-hybridized carbons (Fsp3) is 0.368. The van der Waals surface area contributed by atoms with Gasteiger partial charge in [-0.3, -0.25) is 9.97 Å². The third-order valence-electron chi connectivity index (χ3n) is 3.03. The molecule has 3 rings (SSSR count). The van der Waals surface area contributed by atoms with Gasteiger partial charge in [-0.05, 0) is 17.7 Å². The van der Waals surface area contributed by atoms with E-state index in [1.54, 1.807) is 18.6 Å². The van der Waals surface area contributed by atoms with Crippen LogP contribution in [0.3, 0.4) is 0 Å². The summed E-state index contributed by atoms with van der Waals surface area (Å²) in [5.74, 6) is -0.913. The Morgan fingerprint density at radius 2 is 1.80 bits per heavy atom. The molecule has 136 valence electrons. The van der Waals surface area contributed by atoms with Crippen molar-refractivity contribution in [1.82, 2.24) is 20.6 Å². The SMILES string of the molecule is CC.CCC.OC1=C(F)CNC=C1NCc1ccc2nccnc2c1. The molecule has 5 nitrogen and oxygen atoms in total. The Morgan fingerprint density at radius 1 is 1.16 bits per heavy atom. The molecule has 2 heterocycles. The van der Waals surface area contributed by atoms with E-state index in [4.69, 9.17) is 0 Å². The lowest BCUT2D eigenvalue weighted by atomic mass is 10.2.